The number of rotatable bonds is 0. The molecule has 0 saturated heterocycles. The molecule has 1 unspecified atom stereocenters. The van der Waals surface area contributed by atoms with E-state index in [1.54, 1.807) is 0 Å². The van der Waals surface area contributed by atoms with E-state index in [9.17, 15) is 0 Å². The molecule has 0 aliphatic heterocycles. The summed E-state index contributed by atoms with van der Waals surface area (Å²) in [6, 6.07) is 0. The van der Waals surface area contributed by atoms with Gasteiger partial charge in [0.25, 0.3) is 11.9 Å². The second-order valence-electron chi connectivity index (χ2n) is 1.04. The van der Waals surface area contributed by atoms with Crippen LogP contribution in [0, 0.1) is 0 Å². The average molecular weight is 275 g/mol. The number of hydrogen-bond acceptors (Lipinski definition) is 2. The first-order valence-electron chi connectivity index (χ1n) is 1.86. The molecule has 0 rings (SSSR count). The molecule has 4 nitrogen and oxygen atoms in total. The molecule has 0 aliphatic rings. The topological polar surface area (TPSA) is 74.6 Å². The Bertz CT molecular complexity index is 83.1. The molecule has 80 valence electrons. The van der Waals surface area contributed by atoms with E-state index in [1.807, 2.05) is 0 Å². The Hall–Kier alpha value is -0.290. The summed E-state index contributed by atoms with van der Waals surface area (Å²) in [7, 11) is 0. The molecular formula is C4H14BrF2O4P. The molecule has 2 N–H and O–H groups in total. The number of carboxylic acid groups (broad SMARTS) is 2. The van der Waals surface area contributed by atoms with Crippen molar-refractivity contribution in [2.45, 2.75) is 13.8 Å². The van der Waals surface area contributed by atoms with Gasteiger partial charge in [-0.3, -0.25) is 19.0 Å². The molecule has 0 aliphatic carbocycles. The summed E-state index contributed by atoms with van der Waals surface area (Å²) >= 11 is 0. The predicted molar refractivity (Wildman–Crippen MR) is 53.1 cm³/mol. The summed E-state index contributed by atoms with van der Waals surface area (Å²) in [5.41, 5.74) is 0. The third-order valence-corrected chi connectivity index (χ3v) is 0. The van der Waals surface area contributed by atoms with E-state index in [1.165, 1.54) is 0 Å². The summed E-state index contributed by atoms with van der Waals surface area (Å²) in [5, 5.41) is 14.8. The van der Waals surface area contributed by atoms with Crippen LogP contribution in [0.1, 0.15) is 13.8 Å². The van der Waals surface area contributed by atoms with Crippen molar-refractivity contribution in [1.82, 2.24) is 0 Å². The van der Waals surface area contributed by atoms with Gasteiger partial charge in [-0.05, 0) is 0 Å². The fourth-order valence-corrected chi connectivity index (χ4v) is 0. The van der Waals surface area contributed by atoms with Crippen LogP contribution in [-0.2, 0) is 9.59 Å². The first-order chi connectivity index (χ1) is 3.46. The third-order valence-electron chi connectivity index (χ3n) is 0. The molecule has 0 spiro atoms. The number of carboxylic acids is 2. The van der Waals surface area contributed by atoms with Crippen molar-refractivity contribution in [3.63, 3.8) is 0 Å². The Morgan fingerprint density at radius 2 is 0.917 bits per heavy atom. The van der Waals surface area contributed by atoms with Gasteiger partial charge in [-0.1, -0.05) is 0 Å². The maximum absolute atomic E-state index is 9.00. The minimum absolute atomic E-state index is 0. The number of aliphatic carboxylic acids is 2. The highest BCUT2D eigenvalue weighted by molar-refractivity contribution is 8.93. The Labute approximate surface area is 82.5 Å². The van der Waals surface area contributed by atoms with Crippen LogP contribution in [0.4, 0.5) is 9.41 Å². The van der Waals surface area contributed by atoms with Gasteiger partial charge in [0.2, 0.25) is 0 Å². The minimum atomic E-state index is -0.833. The molecule has 1 atom stereocenters. The van der Waals surface area contributed by atoms with Gasteiger partial charge in [0.05, 0.1) is 0 Å². The second kappa shape index (κ2) is 31.0. The number of carbonyl (C=O) groups is 2. The van der Waals surface area contributed by atoms with Crippen molar-refractivity contribution in [1.29, 1.82) is 0 Å². The van der Waals surface area contributed by atoms with E-state index >= 15 is 0 Å². The second-order valence-corrected chi connectivity index (χ2v) is 1.04. The van der Waals surface area contributed by atoms with Crippen LogP contribution >= 0.6 is 26.9 Å². The van der Waals surface area contributed by atoms with Gasteiger partial charge in [-0.25, -0.2) is 0 Å². The van der Waals surface area contributed by atoms with Crippen molar-refractivity contribution in [2.24, 2.45) is 0 Å². The average Bonchev–Trinajstić information content (AvgIpc) is 1.25. The maximum Gasteiger partial charge on any atom is 0.300 e. The van der Waals surface area contributed by atoms with Crippen molar-refractivity contribution in [2.75, 3.05) is 0 Å². The summed E-state index contributed by atoms with van der Waals surface area (Å²) in [6.45, 7) is 2.17. The molecule has 0 amide bonds. The van der Waals surface area contributed by atoms with Crippen LogP contribution in [0.15, 0.2) is 0 Å². The smallest absolute Gasteiger partial charge is 0.300 e. The SMILES string of the molecule is Br.CC(=O)O.CC(=O)O.F.F.P. The zero-order chi connectivity index (χ0) is 7.15. The zero-order valence-electron chi connectivity index (χ0n) is 6.64. The van der Waals surface area contributed by atoms with Gasteiger partial charge in [0.1, 0.15) is 0 Å². The minimum Gasteiger partial charge on any atom is -0.481 e. The van der Waals surface area contributed by atoms with Gasteiger partial charge in [-0.15, -0.1) is 17.0 Å². The van der Waals surface area contributed by atoms with Crippen LogP contribution in [0.25, 0.3) is 0 Å². The van der Waals surface area contributed by atoms with E-state index in [2.05, 4.69) is 0 Å². The van der Waals surface area contributed by atoms with Gasteiger partial charge >= 0.3 is 0 Å². The quantitative estimate of drug-likeness (QED) is 0.650. The molecule has 0 heterocycles. The maximum atomic E-state index is 9.00. The van der Waals surface area contributed by atoms with Crippen LogP contribution in [0.3, 0.4) is 0 Å². The standard InChI is InChI=1S/2C2H4O2.BrH.2FH.H3P/c2*1-2(3)4;;;;/h2*1H3,(H,3,4);3*1H;1H3. The fourth-order valence-electron chi connectivity index (χ4n) is 0. The van der Waals surface area contributed by atoms with Crippen molar-refractivity contribution >= 4 is 38.8 Å². The van der Waals surface area contributed by atoms with Crippen LogP contribution in [-0.4, -0.2) is 22.2 Å². The summed E-state index contributed by atoms with van der Waals surface area (Å²) in [4.78, 5) is 18.0. The molecule has 0 aromatic heterocycles. The zero-order valence-corrected chi connectivity index (χ0v) is 9.77. The third kappa shape index (κ3) is 8760. The van der Waals surface area contributed by atoms with E-state index in [-0.39, 0.29) is 36.3 Å². The lowest BCUT2D eigenvalue weighted by atomic mass is 10.9. The van der Waals surface area contributed by atoms with Crippen LogP contribution in [0.2, 0.25) is 0 Å². The molecule has 0 radical (unpaired) electrons. The molecule has 0 aromatic rings. The normalized spacial score (nSPS) is 4.17. The lowest BCUT2D eigenvalue weighted by Gasteiger charge is -1.59. The molecule has 0 fully saturated rings. The van der Waals surface area contributed by atoms with Gasteiger partial charge in [-0.2, -0.15) is 9.90 Å². The summed E-state index contributed by atoms with van der Waals surface area (Å²) in [6.07, 6.45) is 0. The van der Waals surface area contributed by atoms with Crippen LogP contribution in [0.5, 0.6) is 0 Å². The Kier molecular flexibility index (Phi) is 106. The van der Waals surface area contributed by atoms with Gasteiger partial charge < -0.3 is 10.2 Å². The fraction of sp³-hybridized carbons (Fsp3) is 0.500. The monoisotopic (exact) mass is 274 g/mol. The first kappa shape index (κ1) is 41.2. The summed E-state index contributed by atoms with van der Waals surface area (Å²) < 4.78 is 0. The number of halogens is 3. The van der Waals surface area contributed by atoms with Crippen molar-refractivity contribution < 1.29 is 29.2 Å². The summed E-state index contributed by atoms with van der Waals surface area (Å²) in [5.74, 6) is -1.67. The number of hydrogen-bond donors (Lipinski definition) is 2. The molecule has 8 heteroatoms. The highest BCUT2D eigenvalue weighted by Gasteiger charge is 1.65. The largest absolute Gasteiger partial charge is 0.481 e. The Morgan fingerprint density at radius 1 is 0.917 bits per heavy atom. The Morgan fingerprint density at radius 3 is 0.917 bits per heavy atom. The molecule has 0 saturated carbocycles. The lowest BCUT2D eigenvalue weighted by Crippen LogP contribution is -1.78. The van der Waals surface area contributed by atoms with E-state index in [0.717, 1.165) is 13.8 Å². The van der Waals surface area contributed by atoms with E-state index < -0.39 is 11.9 Å². The van der Waals surface area contributed by atoms with Crippen molar-refractivity contribution in [3.05, 3.63) is 0 Å². The lowest BCUT2D eigenvalue weighted by molar-refractivity contribution is -0.135. The van der Waals surface area contributed by atoms with E-state index in [4.69, 9.17) is 19.8 Å². The first-order valence-corrected chi connectivity index (χ1v) is 1.86. The highest BCUT2D eigenvalue weighted by atomic mass is 79.9. The van der Waals surface area contributed by atoms with E-state index in [0.29, 0.717) is 0 Å². The van der Waals surface area contributed by atoms with Gasteiger partial charge in [0, 0.05) is 13.8 Å². The van der Waals surface area contributed by atoms with Crippen molar-refractivity contribution in [3.8, 4) is 0 Å². The van der Waals surface area contributed by atoms with Crippen LogP contribution < -0.4 is 0 Å². The molecule has 0 aromatic carbocycles. The Balaban J connectivity index is -0.0000000112. The molecule has 12 heavy (non-hydrogen) atoms. The predicted octanol–water partition coefficient (Wildman–Crippen LogP) is 1.12. The molecule has 0 bridgehead atoms. The molecular weight excluding hydrogens is 261 g/mol. The van der Waals surface area contributed by atoms with Gasteiger partial charge in [0.15, 0.2) is 0 Å². The highest BCUT2D eigenvalue weighted by Crippen LogP contribution is 1.42.